The van der Waals surface area contributed by atoms with E-state index in [1.807, 2.05) is 12.1 Å². The van der Waals surface area contributed by atoms with Gasteiger partial charge in [-0.15, -0.1) is 0 Å². The van der Waals surface area contributed by atoms with Crippen LogP contribution in [-0.2, 0) is 0 Å². The average molecular weight is 339 g/mol. The molecule has 1 atom stereocenters. The average Bonchev–Trinajstić information content (AvgIpc) is 3.12. The van der Waals surface area contributed by atoms with Gasteiger partial charge in [-0.3, -0.25) is 0 Å². The van der Waals surface area contributed by atoms with Crippen LogP contribution in [0.3, 0.4) is 0 Å². The lowest BCUT2D eigenvalue weighted by molar-refractivity contribution is 0.431. The number of pyridine rings is 1. The first-order valence-electron chi connectivity index (χ1n) is 8.26. The number of nitrogens with zero attached hydrogens (tertiary/aromatic N) is 4. The van der Waals surface area contributed by atoms with E-state index in [4.69, 9.17) is 10.3 Å². The summed E-state index contributed by atoms with van der Waals surface area (Å²) in [5.41, 5.74) is 7.42. The molecular formula is C18H18FN5O. The van der Waals surface area contributed by atoms with E-state index < -0.39 is 0 Å². The molecule has 4 rings (SSSR count). The fourth-order valence-corrected chi connectivity index (χ4v) is 3.10. The summed E-state index contributed by atoms with van der Waals surface area (Å²) in [4.78, 5) is 11.1. The molecule has 0 radical (unpaired) electrons. The molecule has 0 saturated carbocycles. The molecule has 1 aromatic carbocycles. The number of anilines is 1. The predicted octanol–water partition coefficient (Wildman–Crippen LogP) is 2.87. The molecule has 1 fully saturated rings. The molecule has 7 heteroatoms. The van der Waals surface area contributed by atoms with E-state index in [9.17, 15) is 4.39 Å². The smallest absolute Gasteiger partial charge is 0.261 e. The van der Waals surface area contributed by atoms with Gasteiger partial charge >= 0.3 is 0 Å². The summed E-state index contributed by atoms with van der Waals surface area (Å²) in [6.07, 6.45) is 3.78. The summed E-state index contributed by atoms with van der Waals surface area (Å²) in [6.45, 7) is 1.64. The molecule has 1 aliphatic heterocycles. The maximum atomic E-state index is 13.4. The van der Waals surface area contributed by atoms with Gasteiger partial charge in [-0.1, -0.05) is 17.3 Å². The Hall–Kier alpha value is -2.80. The number of halogens is 1. The Morgan fingerprint density at radius 2 is 2.16 bits per heavy atom. The zero-order chi connectivity index (χ0) is 17.2. The highest BCUT2D eigenvalue weighted by atomic mass is 19.1. The van der Waals surface area contributed by atoms with Crippen molar-refractivity contribution in [1.82, 2.24) is 15.1 Å². The molecule has 1 aliphatic rings. The van der Waals surface area contributed by atoms with E-state index in [2.05, 4.69) is 20.0 Å². The van der Waals surface area contributed by atoms with E-state index in [1.54, 1.807) is 18.3 Å². The largest absolute Gasteiger partial charge is 0.354 e. The zero-order valence-electron chi connectivity index (χ0n) is 13.6. The van der Waals surface area contributed by atoms with Crippen molar-refractivity contribution in [3.8, 4) is 22.8 Å². The van der Waals surface area contributed by atoms with Crippen molar-refractivity contribution in [2.75, 3.05) is 18.0 Å². The molecule has 0 spiro atoms. The minimum absolute atomic E-state index is 0.133. The molecule has 2 N–H and O–H groups in total. The van der Waals surface area contributed by atoms with Gasteiger partial charge in [0.15, 0.2) is 0 Å². The monoisotopic (exact) mass is 339 g/mol. The van der Waals surface area contributed by atoms with Crippen molar-refractivity contribution in [3.05, 3.63) is 48.4 Å². The minimum atomic E-state index is -0.340. The van der Waals surface area contributed by atoms with Crippen LogP contribution in [0.5, 0.6) is 0 Å². The molecule has 25 heavy (non-hydrogen) atoms. The standard InChI is InChI=1S/C18H18FN5O/c19-13-5-1-4-12(10-13)16-22-18(25-23-16)15-7-2-8-21-17(15)24-9-3-6-14(20)11-24/h1-2,4-5,7-8,10,14H,3,6,9,11,20H2. The summed E-state index contributed by atoms with van der Waals surface area (Å²) in [6, 6.07) is 9.97. The third kappa shape index (κ3) is 3.23. The fraction of sp³-hybridized carbons (Fsp3) is 0.278. The number of aromatic nitrogens is 3. The van der Waals surface area contributed by atoms with Crippen molar-refractivity contribution in [3.63, 3.8) is 0 Å². The molecular weight excluding hydrogens is 321 g/mol. The third-order valence-electron chi connectivity index (χ3n) is 4.28. The van der Waals surface area contributed by atoms with Gasteiger partial charge in [0.1, 0.15) is 11.6 Å². The molecule has 2 aromatic heterocycles. The summed E-state index contributed by atoms with van der Waals surface area (Å²) in [7, 11) is 0. The highest BCUT2D eigenvalue weighted by Crippen LogP contribution is 2.30. The van der Waals surface area contributed by atoms with Gasteiger partial charge in [-0.2, -0.15) is 4.98 Å². The number of rotatable bonds is 3. The summed E-state index contributed by atoms with van der Waals surface area (Å²) in [5.74, 6) is 1.15. The van der Waals surface area contributed by atoms with Crippen LogP contribution < -0.4 is 10.6 Å². The number of piperidine rings is 1. The molecule has 128 valence electrons. The molecule has 3 aromatic rings. The Balaban J connectivity index is 1.69. The van der Waals surface area contributed by atoms with Gasteiger partial charge in [0.2, 0.25) is 5.82 Å². The Morgan fingerprint density at radius 1 is 1.24 bits per heavy atom. The first kappa shape index (κ1) is 15.7. The topological polar surface area (TPSA) is 81.1 Å². The third-order valence-corrected chi connectivity index (χ3v) is 4.28. The van der Waals surface area contributed by atoms with Crippen LogP contribution in [0.25, 0.3) is 22.8 Å². The van der Waals surface area contributed by atoms with Gasteiger partial charge in [0.05, 0.1) is 5.56 Å². The quantitative estimate of drug-likeness (QED) is 0.790. The molecule has 1 unspecified atom stereocenters. The predicted molar refractivity (Wildman–Crippen MR) is 92.3 cm³/mol. The highest BCUT2D eigenvalue weighted by Gasteiger charge is 2.23. The van der Waals surface area contributed by atoms with E-state index in [1.165, 1.54) is 12.1 Å². The van der Waals surface area contributed by atoms with Gasteiger partial charge in [0.25, 0.3) is 5.89 Å². The van der Waals surface area contributed by atoms with Gasteiger partial charge in [-0.25, -0.2) is 9.37 Å². The summed E-state index contributed by atoms with van der Waals surface area (Å²) >= 11 is 0. The van der Waals surface area contributed by atoms with Crippen LogP contribution in [0.15, 0.2) is 47.1 Å². The van der Waals surface area contributed by atoms with Crippen LogP contribution in [0, 0.1) is 5.82 Å². The second-order valence-electron chi connectivity index (χ2n) is 6.16. The zero-order valence-corrected chi connectivity index (χ0v) is 13.6. The minimum Gasteiger partial charge on any atom is -0.354 e. The first-order valence-corrected chi connectivity index (χ1v) is 8.26. The first-order chi connectivity index (χ1) is 12.2. The van der Waals surface area contributed by atoms with E-state index in [0.29, 0.717) is 17.3 Å². The Morgan fingerprint density at radius 3 is 3.00 bits per heavy atom. The van der Waals surface area contributed by atoms with E-state index in [0.717, 1.165) is 37.3 Å². The van der Waals surface area contributed by atoms with Crippen LogP contribution in [0.2, 0.25) is 0 Å². The maximum absolute atomic E-state index is 13.4. The molecule has 3 heterocycles. The van der Waals surface area contributed by atoms with Gasteiger partial charge in [0, 0.05) is 30.9 Å². The Bertz CT molecular complexity index is 881. The number of hydrogen-bond acceptors (Lipinski definition) is 6. The second-order valence-corrected chi connectivity index (χ2v) is 6.16. The highest BCUT2D eigenvalue weighted by molar-refractivity contribution is 5.71. The van der Waals surface area contributed by atoms with Crippen LogP contribution >= 0.6 is 0 Å². The van der Waals surface area contributed by atoms with Gasteiger partial charge in [-0.05, 0) is 37.1 Å². The second kappa shape index (κ2) is 6.60. The Kier molecular flexibility index (Phi) is 4.15. The number of hydrogen-bond donors (Lipinski definition) is 1. The molecule has 0 amide bonds. The van der Waals surface area contributed by atoms with Crippen LogP contribution in [0.4, 0.5) is 10.2 Å². The SMILES string of the molecule is NC1CCCN(c2ncccc2-c2nc(-c3cccc(F)c3)no2)C1. The van der Waals surface area contributed by atoms with Gasteiger partial charge < -0.3 is 15.2 Å². The lowest BCUT2D eigenvalue weighted by Crippen LogP contribution is -2.43. The van der Waals surface area contributed by atoms with E-state index in [-0.39, 0.29) is 11.9 Å². The summed E-state index contributed by atoms with van der Waals surface area (Å²) in [5, 5.41) is 3.98. The van der Waals surface area contributed by atoms with Crippen LogP contribution in [-0.4, -0.2) is 34.3 Å². The molecule has 0 bridgehead atoms. The Labute approximate surface area is 144 Å². The lowest BCUT2D eigenvalue weighted by atomic mass is 10.1. The maximum Gasteiger partial charge on any atom is 0.261 e. The van der Waals surface area contributed by atoms with Crippen molar-refractivity contribution in [2.24, 2.45) is 5.73 Å². The fourth-order valence-electron chi connectivity index (χ4n) is 3.10. The van der Waals surface area contributed by atoms with Crippen LogP contribution in [0.1, 0.15) is 12.8 Å². The molecule has 1 saturated heterocycles. The summed E-state index contributed by atoms with van der Waals surface area (Å²) < 4.78 is 18.8. The van der Waals surface area contributed by atoms with Crippen molar-refractivity contribution >= 4 is 5.82 Å². The lowest BCUT2D eigenvalue weighted by Gasteiger charge is -2.32. The number of benzene rings is 1. The molecule has 0 aliphatic carbocycles. The van der Waals surface area contributed by atoms with Crippen molar-refractivity contribution in [1.29, 1.82) is 0 Å². The number of nitrogens with two attached hydrogens (primary N) is 1. The molecule has 6 nitrogen and oxygen atoms in total. The van der Waals surface area contributed by atoms with Crippen molar-refractivity contribution < 1.29 is 8.91 Å². The normalized spacial score (nSPS) is 17.7. The van der Waals surface area contributed by atoms with Crippen molar-refractivity contribution in [2.45, 2.75) is 18.9 Å². The van der Waals surface area contributed by atoms with E-state index >= 15 is 0 Å².